The van der Waals surface area contributed by atoms with Crippen molar-refractivity contribution < 1.29 is 27.6 Å². The highest BCUT2D eigenvalue weighted by atomic mass is 35.5. The van der Waals surface area contributed by atoms with Crippen LogP contribution < -0.4 is 5.32 Å². The molecule has 0 fully saturated rings. The summed E-state index contributed by atoms with van der Waals surface area (Å²) in [5.74, 6) is -0.486. The number of imide groups is 1. The van der Waals surface area contributed by atoms with E-state index in [0.717, 1.165) is 12.1 Å². The van der Waals surface area contributed by atoms with Crippen LogP contribution in [0.3, 0.4) is 0 Å². The highest BCUT2D eigenvalue weighted by Crippen LogP contribution is 2.49. The van der Waals surface area contributed by atoms with E-state index in [4.69, 9.17) is 28.0 Å². The van der Waals surface area contributed by atoms with Gasteiger partial charge in [0, 0.05) is 39.2 Å². The van der Waals surface area contributed by atoms with Crippen molar-refractivity contribution in [1.29, 1.82) is 0 Å². The summed E-state index contributed by atoms with van der Waals surface area (Å²) in [5, 5.41) is 6.28. The molecule has 0 aliphatic carbocycles. The molecule has 3 amide bonds. The highest BCUT2D eigenvalue weighted by molar-refractivity contribution is 6.34. The topological polar surface area (TPSA) is 71.0 Å². The van der Waals surface area contributed by atoms with Gasteiger partial charge in [0.15, 0.2) is 0 Å². The molecule has 0 radical (unpaired) electrons. The Morgan fingerprint density at radius 1 is 1.05 bits per heavy atom. The Hall–Kier alpha value is -2.78. The molecule has 0 aromatic heterocycles. The smallest absolute Gasteiger partial charge is 0.374 e. The van der Waals surface area contributed by atoms with Gasteiger partial charge in [-0.25, -0.2) is 4.79 Å². The molecule has 1 N–H and O–H groups in total. The van der Waals surface area contributed by atoms with Gasteiger partial charge in [-0.1, -0.05) is 48.3 Å². The number of hydrogen-bond donors (Lipinski definition) is 1. The molecule has 39 heavy (non-hydrogen) atoms. The number of urea groups is 1. The summed E-state index contributed by atoms with van der Waals surface area (Å²) in [7, 11) is 0. The van der Waals surface area contributed by atoms with E-state index < -0.39 is 35.7 Å². The highest BCUT2D eigenvalue weighted by Gasteiger charge is 2.62. The van der Waals surface area contributed by atoms with Gasteiger partial charge < -0.3 is 9.74 Å². The van der Waals surface area contributed by atoms with Crippen molar-refractivity contribution in [2.45, 2.75) is 78.2 Å². The fourth-order valence-electron chi connectivity index (χ4n) is 4.61. The van der Waals surface area contributed by atoms with Gasteiger partial charge in [0.2, 0.25) is 0 Å². The SMILES string of the molecule is Cc1cc(C2=NOC(c3cc(Cl)cc(Cl)c3)(C(F)(F)F)C2)ccc1C(=O)NC(=O)N(C(C)C)C(C)(C)C(C)C. The second-order valence-corrected chi connectivity index (χ2v) is 11.7. The van der Waals surface area contributed by atoms with E-state index in [-0.39, 0.29) is 38.8 Å². The number of hydrogen-bond acceptors (Lipinski definition) is 4. The number of carbonyl (C=O) groups is 2. The third kappa shape index (κ3) is 6.04. The van der Waals surface area contributed by atoms with E-state index in [9.17, 15) is 22.8 Å². The Balaban J connectivity index is 1.86. The summed E-state index contributed by atoms with van der Waals surface area (Å²) in [6.07, 6.45) is -5.45. The number of alkyl halides is 3. The molecule has 212 valence electrons. The number of nitrogens with zero attached hydrogens (tertiary/aromatic N) is 2. The van der Waals surface area contributed by atoms with Crippen molar-refractivity contribution in [3.05, 3.63) is 68.7 Å². The minimum absolute atomic E-state index is 0.0340. The molecule has 0 spiro atoms. The van der Waals surface area contributed by atoms with Gasteiger partial charge >= 0.3 is 12.2 Å². The van der Waals surface area contributed by atoms with Crippen molar-refractivity contribution in [2.24, 2.45) is 11.1 Å². The van der Waals surface area contributed by atoms with E-state index >= 15 is 0 Å². The molecule has 3 rings (SSSR count). The lowest BCUT2D eigenvalue weighted by molar-refractivity contribution is -0.275. The minimum atomic E-state index is -4.83. The lowest BCUT2D eigenvalue weighted by Crippen LogP contribution is -2.58. The number of nitrogens with one attached hydrogen (secondary N) is 1. The molecule has 1 heterocycles. The lowest BCUT2D eigenvalue weighted by atomic mass is 9.86. The standard InChI is InChI=1S/C28H32Cl2F3N3O3/c1-15(2)26(6,7)36(16(3)4)25(38)34-24(37)22-9-8-18(10-17(22)5)23-14-27(39-35-23,28(31,32)33)19-11-20(29)13-21(30)12-19/h8-13,15-16H,14H2,1-7H3,(H,34,37,38). The number of halogens is 5. The predicted molar refractivity (Wildman–Crippen MR) is 146 cm³/mol. The van der Waals surface area contributed by atoms with Gasteiger partial charge in [0.1, 0.15) is 0 Å². The van der Waals surface area contributed by atoms with Crippen molar-refractivity contribution in [3.8, 4) is 0 Å². The summed E-state index contributed by atoms with van der Waals surface area (Å²) < 4.78 is 42.9. The molecule has 1 aliphatic rings. The minimum Gasteiger partial charge on any atom is -0.374 e. The second-order valence-electron chi connectivity index (χ2n) is 10.9. The van der Waals surface area contributed by atoms with Crippen molar-refractivity contribution in [1.82, 2.24) is 10.2 Å². The molecule has 1 aliphatic heterocycles. The van der Waals surface area contributed by atoms with E-state index in [1.54, 1.807) is 11.8 Å². The Morgan fingerprint density at radius 3 is 2.13 bits per heavy atom. The summed E-state index contributed by atoms with van der Waals surface area (Å²) in [5.41, 5.74) is -2.50. The average Bonchev–Trinajstić information content (AvgIpc) is 3.25. The Labute approximate surface area is 236 Å². The fourth-order valence-corrected chi connectivity index (χ4v) is 5.13. The van der Waals surface area contributed by atoms with E-state index in [0.29, 0.717) is 11.1 Å². The first-order valence-corrected chi connectivity index (χ1v) is 13.2. The Kier molecular flexibility index (Phi) is 8.68. The van der Waals surface area contributed by atoms with Crippen molar-refractivity contribution in [3.63, 3.8) is 0 Å². The lowest BCUT2D eigenvalue weighted by Gasteiger charge is -2.44. The molecule has 0 saturated heterocycles. The zero-order chi connectivity index (χ0) is 29.5. The second kappa shape index (κ2) is 11.0. The molecule has 0 bridgehead atoms. The molecule has 11 heteroatoms. The van der Waals surface area contributed by atoms with Crippen molar-refractivity contribution >= 4 is 40.9 Å². The van der Waals surface area contributed by atoms with Crippen LogP contribution in [0.25, 0.3) is 0 Å². The van der Waals surface area contributed by atoms with Gasteiger partial charge in [-0.05, 0) is 82.0 Å². The molecule has 0 saturated carbocycles. The van der Waals surface area contributed by atoms with Gasteiger partial charge in [0.25, 0.3) is 11.5 Å². The first-order chi connectivity index (χ1) is 17.9. The summed E-state index contributed by atoms with van der Waals surface area (Å²) >= 11 is 11.9. The largest absolute Gasteiger partial charge is 0.435 e. The number of oxime groups is 1. The molecule has 2 aromatic rings. The van der Waals surface area contributed by atoms with Gasteiger partial charge in [0.05, 0.1) is 5.71 Å². The van der Waals surface area contributed by atoms with Gasteiger partial charge in [-0.15, -0.1) is 0 Å². The van der Waals surface area contributed by atoms with E-state index in [1.165, 1.54) is 24.3 Å². The molecule has 2 aromatic carbocycles. The van der Waals surface area contributed by atoms with Gasteiger partial charge in [-0.2, -0.15) is 13.2 Å². The van der Waals surface area contributed by atoms with Crippen LogP contribution in [0.15, 0.2) is 41.6 Å². The molecular formula is C28H32Cl2F3N3O3. The third-order valence-corrected chi connectivity index (χ3v) is 7.74. The van der Waals surface area contributed by atoms with Crippen LogP contribution in [0.1, 0.15) is 75.0 Å². The van der Waals surface area contributed by atoms with Crippen LogP contribution >= 0.6 is 23.2 Å². The normalized spacial score (nSPS) is 17.7. The summed E-state index contributed by atoms with van der Waals surface area (Å²) in [6, 6.07) is 7.40. The zero-order valence-electron chi connectivity index (χ0n) is 22.8. The van der Waals surface area contributed by atoms with Crippen LogP contribution in [0, 0.1) is 12.8 Å². The Morgan fingerprint density at radius 2 is 1.64 bits per heavy atom. The Bertz CT molecular complexity index is 1290. The summed E-state index contributed by atoms with van der Waals surface area (Å²) in [6.45, 7) is 13.2. The van der Waals surface area contributed by atoms with E-state index in [1.807, 2.05) is 41.5 Å². The monoisotopic (exact) mass is 585 g/mol. The zero-order valence-corrected chi connectivity index (χ0v) is 24.3. The quantitative estimate of drug-likeness (QED) is 0.375. The van der Waals surface area contributed by atoms with Crippen LogP contribution in [-0.4, -0.2) is 40.3 Å². The molecule has 1 atom stereocenters. The average molecular weight is 586 g/mol. The number of carbonyl (C=O) groups excluding carboxylic acids is 2. The van der Waals surface area contributed by atoms with E-state index in [2.05, 4.69) is 10.5 Å². The van der Waals surface area contributed by atoms with Crippen LogP contribution in [-0.2, 0) is 10.4 Å². The maximum Gasteiger partial charge on any atom is 0.435 e. The number of amides is 3. The first kappa shape index (κ1) is 30.8. The number of aryl methyl sites for hydroxylation is 1. The van der Waals surface area contributed by atoms with Crippen LogP contribution in [0.2, 0.25) is 10.0 Å². The molecule has 6 nitrogen and oxygen atoms in total. The van der Waals surface area contributed by atoms with Crippen molar-refractivity contribution in [2.75, 3.05) is 0 Å². The number of rotatable bonds is 6. The maximum atomic E-state index is 14.3. The fraction of sp³-hybridized carbons (Fsp3) is 0.464. The maximum absolute atomic E-state index is 14.3. The molecule has 1 unspecified atom stereocenters. The third-order valence-electron chi connectivity index (χ3n) is 7.31. The van der Waals surface area contributed by atoms with Gasteiger partial charge in [-0.3, -0.25) is 10.1 Å². The number of benzene rings is 2. The molecular weight excluding hydrogens is 554 g/mol. The predicted octanol–water partition coefficient (Wildman–Crippen LogP) is 7.88. The van der Waals surface area contributed by atoms with Crippen LogP contribution in [0.5, 0.6) is 0 Å². The summed E-state index contributed by atoms with van der Waals surface area (Å²) in [4.78, 5) is 32.8. The first-order valence-electron chi connectivity index (χ1n) is 12.4. The van der Waals surface area contributed by atoms with Crippen LogP contribution in [0.4, 0.5) is 18.0 Å².